The molecule has 1 aliphatic rings. The number of hydrogen-bond donors (Lipinski definition) is 2. The number of nitrogens with zero attached hydrogens (tertiary/aromatic N) is 1. The molecule has 1 aromatic carbocycles. The molecular weight excluding hydrogens is 314 g/mol. The van der Waals surface area contributed by atoms with E-state index in [2.05, 4.69) is 10.3 Å². The van der Waals surface area contributed by atoms with Crippen molar-refractivity contribution in [2.24, 2.45) is 0 Å². The number of nitrogens with two attached hydrogens (primary N) is 1. The van der Waals surface area contributed by atoms with Crippen LogP contribution in [0, 0.1) is 0 Å². The minimum Gasteiger partial charge on any atom is -0.490 e. The van der Waals surface area contributed by atoms with Gasteiger partial charge in [0.15, 0.2) is 0 Å². The van der Waals surface area contributed by atoms with Crippen LogP contribution in [-0.4, -0.2) is 17.0 Å². The number of aromatic nitrogens is 1. The van der Waals surface area contributed by atoms with E-state index < -0.39 is 0 Å². The first-order chi connectivity index (χ1) is 11.1. The molecule has 0 atom stereocenters. The molecule has 5 nitrogen and oxygen atoms in total. The SMILES string of the molecule is Nc1ccc(NC(=O)c2cc(Cl)ccc2OC2CCCC2)cn1. The van der Waals surface area contributed by atoms with Crippen molar-refractivity contribution in [1.29, 1.82) is 0 Å². The lowest BCUT2D eigenvalue weighted by Crippen LogP contribution is -2.17. The summed E-state index contributed by atoms with van der Waals surface area (Å²) in [6.45, 7) is 0. The largest absolute Gasteiger partial charge is 0.490 e. The number of nitrogens with one attached hydrogen (secondary N) is 1. The Bertz CT molecular complexity index is 697. The van der Waals surface area contributed by atoms with E-state index in [-0.39, 0.29) is 12.0 Å². The molecule has 0 spiro atoms. The summed E-state index contributed by atoms with van der Waals surface area (Å²) in [6.07, 6.45) is 6.04. The van der Waals surface area contributed by atoms with Crippen molar-refractivity contribution in [3.05, 3.63) is 47.1 Å². The molecule has 1 aliphatic carbocycles. The van der Waals surface area contributed by atoms with Gasteiger partial charge in [0.2, 0.25) is 0 Å². The predicted molar refractivity (Wildman–Crippen MR) is 90.9 cm³/mol. The number of amides is 1. The molecule has 1 fully saturated rings. The maximum atomic E-state index is 12.5. The van der Waals surface area contributed by atoms with Gasteiger partial charge in [-0.3, -0.25) is 4.79 Å². The number of halogens is 1. The molecule has 120 valence electrons. The molecule has 0 radical (unpaired) electrons. The van der Waals surface area contributed by atoms with Crippen LogP contribution in [0.5, 0.6) is 5.75 Å². The summed E-state index contributed by atoms with van der Waals surface area (Å²) in [5.41, 5.74) is 6.53. The van der Waals surface area contributed by atoms with Crippen LogP contribution >= 0.6 is 11.6 Å². The smallest absolute Gasteiger partial charge is 0.259 e. The summed E-state index contributed by atoms with van der Waals surface area (Å²) in [7, 11) is 0. The fraction of sp³-hybridized carbons (Fsp3) is 0.294. The fourth-order valence-corrected chi connectivity index (χ4v) is 2.82. The van der Waals surface area contributed by atoms with Crippen LogP contribution in [0.2, 0.25) is 5.02 Å². The van der Waals surface area contributed by atoms with Crippen LogP contribution in [0.15, 0.2) is 36.5 Å². The molecule has 0 unspecified atom stereocenters. The molecule has 6 heteroatoms. The lowest BCUT2D eigenvalue weighted by molar-refractivity contribution is 0.101. The molecule has 0 aliphatic heterocycles. The highest BCUT2D eigenvalue weighted by Gasteiger charge is 2.20. The number of hydrogen-bond acceptors (Lipinski definition) is 4. The minimum atomic E-state index is -0.285. The summed E-state index contributed by atoms with van der Waals surface area (Å²) in [4.78, 5) is 16.5. The quantitative estimate of drug-likeness (QED) is 0.891. The Morgan fingerprint density at radius 1 is 1.26 bits per heavy atom. The molecule has 23 heavy (non-hydrogen) atoms. The van der Waals surface area contributed by atoms with Crippen molar-refractivity contribution in [3.8, 4) is 5.75 Å². The van der Waals surface area contributed by atoms with Crippen molar-refractivity contribution >= 4 is 29.0 Å². The summed E-state index contributed by atoms with van der Waals surface area (Å²) >= 11 is 6.04. The van der Waals surface area contributed by atoms with Crippen LogP contribution in [0.25, 0.3) is 0 Å². The number of carbonyl (C=O) groups is 1. The molecule has 0 bridgehead atoms. The second-order valence-electron chi connectivity index (χ2n) is 5.59. The Balaban J connectivity index is 1.80. The van der Waals surface area contributed by atoms with Gasteiger partial charge in [-0.25, -0.2) is 4.98 Å². The van der Waals surface area contributed by atoms with Crippen LogP contribution in [0.3, 0.4) is 0 Å². The van der Waals surface area contributed by atoms with E-state index in [1.165, 1.54) is 6.20 Å². The summed E-state index contributed by atoms with van der Waals surface area (Å²) < 4.78 is 5.98. The number of carbonyl (C=O) groups excluding carboxylic acids is 1. The van der Waals surface area contributed by atoms with E-state index in [9.17, 15) is 4.79 Å². The van der Waals surface area contributed by atoms with Crippen molar-refractivity contribution in [2.75, 3.05) is 11.1 Å². The molecule has 0 saturated heterocycles. The van der Waals surface area contributed by atoms with E-state index in [0.29, 0.717) is 27.8 Å². The Hall–Kier alpha value is -2.27. The molecule has 1 saturated carbocycles. The number of pyridine rings is 1. The first-order valence-electron chi connectivity index (χ1n) is 7.61. The molecule has 3 N–H and O–H groups in total. The summed E-state index contributed by atoms with van der Waals surface area (Å²) in [5, 5.41) is 3.27. The van der Waals surface area contributed by atoms with Gasteiger partial charge in [0, 0.05) is 5.02 Å². The molecule has 1 aromatic heterocycles. The summed E-state index contributed by atoms with van der Waals surface area (Å²) in [6, 6.07) is 8.42. The van der Waals surface area contributed by atoms with Gasteiger partial charge in [-0.15, -0.1) is 0 Å². The molecular formula is C17H18ClN3O2. The monoisotopic (exact) mass is 331 g/mol. The maximum Gasteiger partial charge on any atom is 0.259 e. The Morgan fingerprint density at radius 2 is 2.04 bits per heavy atom. The van der Waals surface area contributed by atoms with Gasteiger partial charge in [-0.1, -0.05) is 11.6 Å². The van der Waals surface area contributed by atoms with E-state index >= 15 is 0 Å². The maximum absolute atomic E-state index is 12.5. The van der Waals surface area contributed by atoms with Crippen molar-refractivity contribution in [1.82, 2.24) is 4.98 Å². The van der Waals surface area contributed by atoms with Gasteiger partial charge >= 0.3 is 0 Å². The Kier molecular flexibility index (Phi) is 4.67. The van der Waals surface area contributed by atoms with Gasteiger partial charge in [0.1, 0.15) is 11.6 Å². The highest BCUT2D eigenvalue weighted by Crippen LogP contribution is 2.29. The van der Waals surface area contributed by atoms with Gasteiger partial charge in [-0.2, -0.15) is 0 Å². The van der Waals surface area contributed by atoms with Gasteiger partial charge in [-0.05, 0) is 56.0 Å². The molecule has 2 aromatic rings. The standard InChI is InChI=1S/C17H18ClN3O2/c18-11-5-7-15(23-13-3-1-2-4-13)14(9-11)17(22)21-12-6-8-16(19)20-10-12/h5-10,13H,1-4H2,(H2,19,20)(H,21,22). The Morgan fingerprint density at radius 3 is 2.74 bits per heavy atom. The van der Waals surface area contributed by atoms with Crippen molar-refractivity contribution < 1.29 is 9.53 Å². The lowest BCUT2D eigenvalue weighted by atomic mass is 10.1. The van der Waals surface area contributed by atoms with Gasteiger partial charge in [0.05, 0.1) is 23.6 Å². The molecule has 1 amide bonds. The number of rotatable bonds is 4. The second-order valence-corrected chi connectivity index (χ2v) is 6.03. The van der Waals surface area contributed by atoms with E-state index in [0.717, 1.165) is 25.7 Å². The van der Waals surface area contributed by atoms with E-state index in [1.807, 2.05) is 0 Å². The van der Waals surface area contributed by atoms with Crippen molar-refractivity contribution in [2.45, 2.75) is 31.8 Å². The zero-order chi connectivity index (χ0) is 16.2. The molecule has 1 heterocycles. The highest BCUT2D eigenvalue weighted by molar-refractivity contribution is 6.31. The number of benzene rings is 1. The van der Waals surface area contributed by atoms with Gasteiger partial charge < -0.3 is 15.8 Å². The summed E-state index contributed by atoms with van der Waals surface area (Å²) in [5.74, 6) is 0.672. The fourth-order valence-electron chi connectivity index (χ4n) is 2.65. The van der Waals surface area contributed by atoms with Crippen molar-refractivity contribution in [3.63, 3.8) is 0 Å². The number of anilines is 2. The second kappa shape index (κ2) is 6.87. The average Bonchev–Trinajstić information content (AvgIpc) is 3.04. The average molecular weight is 332 g/mol. The number of ether oxygens (including phenoxy) is 1. The lowest BCUT2D eigenvalue weighted by Gasteiger charge is -2.16. The normalized spacial score (nSPS) is 14.7. The predicted octanol–water partition coefficient (Wildman–Crippen LogP) is 3.89. The molecule has 3 rings (SSSR count). The highest BCUT2D eigenvalue weighted by atomic mass is 35.5. The third-order valence-corrected chi connectivity index (χ3v) is 4.06. The van der Waals surface area contributed by atoms with E-state index in [4.69, 9.17) is 22.1 Å². The first-order valence-corrected chi connectivity index (χ1v) is 7.99. The zero-order valence-corrected chi connectivity index (χ0v) is 13.3. The van der Waals surface area contributed by atoms with E-state index in [1.54, 1.807) is 30.3 Å². The third-order valence-electron chi connectivity index (χ3n) is 3.83. The first kappa shape index (κ1) is 15.6. The van der Waals surface area contributed by atoms with Gasteiger partial charge in [0.25, 0.3) is 5.91 Å². The van der Waals surface area contributed by atoms with Crippen LogP contribution < -0.4 is 15.8 Å². The van der Waals surface area contributed by atoms with Crippen LogP contribution in [0.1, 0.15) is 36.0 Å². The van der Waals surface area contributed by atoms with Crippen LogP contribution in [-0.2, 0) is 0 Å². The zero-order valence-electron chi connectivity index (χ0n) is 12.6. The third kappa shape index (κ3) is 3.93. The minimum absolute atomic E-state index is 0.168. The Labute approximate surface area is 139 Å². The number of nitrogen functional groups attached to an aromatic ring is 1. The topological polar surface area (TPSA) is 77.2 Å². The van der Waals surface area contributed by atoms with Crippen LogP contribution in [0.4, 0.5) is 11.5 Å².